The van der Waals surface area contributed by atoms with Crippen LogP contribution in [0.4, 0.5) is 0 Å². The molecular weight excluding hydrogens is 322 g/mol. The van der Waals surface area contributed by atoms with Gasteiger partial charge in [-0.25, -0.2) is 9.78 Å². The molecule has 3 rings (SSSR count). The number of para-hydroxylation sites is 2. The van der Waals surface area contributed by atoms with Gasteiger partial charge in [0.15, 0.2) is 6.61 Å². The zero-order valence-electron chi connectivity index (χ0n) is 13.2. The molecule has 0 unspecified atom stereocenters. The summed E-state index contributed by atoms with van der Waals surface area (Å²) >= 11 is 0. The summed E-state index contributed by atoms with van der Waals surface area (Å²) in [4.78, 5) is 31.8. The molecule has 7 nitrogen and oxygen atoms in total. The fraction of sp³-hybridized carbons (Fsp3) is 0.111. The lowest BCUT2D eigenvalue weighted by atomic mass is 10.3. The van der Waals surface area contributed by atoms with E-state index in [1.54, 1.807) is 18.3 Å². The molecule has 0 aliphatic carbocycles. The smallest absolute Gasteiger partial charge is 0.331 e. The highest BCUT2D eigenvalue weighted by atomic mass is 16.5. The van der Waals surface area contributed by atoms with Crippen molar-refractivity contribution in [1.82, 2.24) is 15.3 Å². The van der Waals surface area contributed by atoms with Crippen LogP contribution in [0.15, 0.2) is 59.4 Å². The minimum Gasteiger partial charge on any atom is -0.467 e. The Hall–Kier alpha value is -3.48. The van der Waals surface area contributed by atoms with Gasteiger partial charge in [0.25, 0.3) is 5.91 Å². The highest BCUT2D eigenvalue weighted by Gasteiger charge is 2.06. The van der Waals surface area contributed by atoms with Crippen LogP contribution in [0, 0.1) is 0 Å². The van der Waals surface area contributed by atoms with Crippen molar-refractivity contribution in [2.24, 2.45) is 0 Å². The number of fused-ring (bicyclic) bond motifs is 1. The average molecular weight is 337 g/mol. The third-order valence-corrected chi connectivity index (χ3v) is 3.24. The van der Waals surface area contributed by atoms with Crippen LogP contribution in [0.5, 0.6) is 0 Å². The van der Waals surface area contributed by atoms with E-state index in [1.807, 2.05) is 24.3 Å². The van der Waals surface area contributed by atoms with Gasteiger partial charge in [0.1, 0.15) is 5.76 Å². The number of hydrogen-bond acceptors (Lipinski definition) is 6. The number of furan rings is 1. The van der Waals surface area contributed by atoms with Crippen molar-refractivity contribution in [3.05, 3.63) is 66.4 Å². The summed E-state index contributed by atoms with van der Waals surface area (Å²) in [6.07, 6.45) is 5.77. The first kappa shape index (κ1) is 16.4. The van der Waals surface area contributed by atoms with Gasteiger partial charge in [0.2, 0.25) is 0 Å². The maximum absolute atomic E-state index is 11.7. The first-order valence-electron chi connectivity index (χ1n) is 7.56. The van der Waals surface area contributed by atoms with E-state index in [4.69, 9.17) is 9.15 Å². The average Bonchev–Trinajstić information content (AvgIpc) is 3.16. The first-order chi connectivity index (χ1) is 12.2. The number of ether oxygens (including phenoxy) is 1. The molecule has 7 heteroatoms. The molecule has 0 bridgehead atoms. The topological polar surface area (TPSA) is 94.3 Å². The highest BCUT2D eigenvalue weighted by molar-refractivity contribution is 5.89. The molecule has 0 spiro atoms. The number of amides is 1. The fourth-order valence-electron chi connectivity index (χ4n) is 2.04. The van der Waals surface area contributed by atoms with Crippen LogP contribution in [-0.2, 0) is 20.9 Å². The zero-order chi connectivity index (χ0) is 17.5. The highest BCUT2D eigenvalue weighted by Crippen LogP contribution is 2.09. The number of nitrogens with one attached hydrogen (secondary N) is 1. The van der Waals surface area contributed by atoms with E-state index in [-0.39, 0.29) is 13.2 Å². The Labute approximate surface area is 143 Å². The van der Waals surface area contributed by atoms with Gasteiger partial charge in [-0.1, -0.05) is 12.1 Å². The first-order valence-corrected chi connectivity index (χ1v) is 7.56. The lowest BCUT2D eigenvalue weighted by molar-refractivity contribution is -0.143. The molecule has 126 valence electrons. The van der Waals surface area contributed by atoms with Crippen LogP contribution in [0.25, 0.3) is 17.1 Å². The van der Waals surface area contributed by atoms with Gasteiger partial charge in [-0.2, -0.15) is 0 Å². The molecule has 1 N–H and O–H groups in total. The second kappa shape index (κ2) is 7.87. The molecule has 0 fully saturated rings. The summed E-state index contributed by atoms with van der Waals surface area (Å²) in [5.41, 5.74) is 2.03. The molecule has 25 heavy (non-hydrogen) atoms. The summed E-state index contributed by atoms with van der Waals surface area (Å²) in [6.45, 7) is -0.126. The van der Waals surface area contributed by atoms with Gasteiger partial charge >= 0.3 is 5.97 Å². The molecule has 0 aliphatic rings. The molecule has 2 aromatic heterocycles. The number of hydrogen-bond donors (Lipinski definition) is 1. The monoisotopic (exact) mass is 337 g/mol. The molecule has 0 radical (unpaired) electrons. The van der Waals surface area contributed by atoms with Crippen molar-refractivity contribution in [3.63, 3.8) is 0 Å². The van der Waals surface area contributed by atoms with E-state index in [2.05, 4.69) is 15.3 Å². The van der Waals surface area contributed by atoms with Crippen LogP contribution in [-0.4, -0.2) is 28.5 Å². The van der Waals surface area contributed by atoms with Gasteiger partial charge in [0, 0.05) is 6.08 Å². The summed E-state index contributed by atoms with van der Waals surface area (Å²) in [6, 6.07) is 10.9. The number of carbonyl (C=O) groups is 2. The Balaban J connectivity index is 1.47. The quantitative estimate of drug-likeness (QED) is 0.547. The van der Waals surface area contributed by atoms with Gasteiger partial charge in [-0.3, -0.25) is 9.78 Å². The van der Waals surface area contributed by atoms with E-state index in [9.17, 15) is 9.59 Å². The van der Waals surface area contributed by atoms with Crippen LogP contribution in [0.3, 0.4) is 0 Å². The molecular formula is C18H15N3O4. The van der Waals surface area contributed by atoms with E-state index in [0.29, 0.717) is 11.5 Å². The number of aromatic nitrogens is 2. The second-order valence-corrected chi connectivity index (χ2v) is 5.08. The van der Waals surface area contributed by atoms with Crippen molar-refractivity contribution < 1.29 is 18.7 Å². The summed E-state index contributed by atoms with van der Waals surface area (Å²) < 4.78 is 9.95. The summed E-state index contributed by atoms with van der Waals surface area (Å²) in [5, 5.41) is 2.58. The second-order valence-electron chi connectivity index (χ2n) is 5.08. The number of benzene rings is 1. The molecule has 0 saturated heterocycles. The van der Waals surface area contributed by atoms with Gasteiger partial charge < -0.3 is 14.5 Å². The predicted octanol–water partition coefficient (Wildman–Crippen LogP) is 2.10. The van der Waals surface area contributed by atoms with Crippen LogP contribution < -0.4 is 5.32 Å². The number of nitrogens with zero attached hydrogens (tertiary/aromatic N) is 2. The summed E-state index contributed by atoms with van der Waals surface area (Å²) in [7, 11) is 0. The Morgan fingerprint density at radius 1 is 1.16 bits per heavy atom. The van der Waals surface area contributed by atoms with Crippen molar-refractivity contribution >= 4 is 29.0 Å². The fourth-order valence-corrected chi connectivity index (χ4v) is 2.04. The molecule has 1 amide bonds. The van der Waals surface area contributed by atoms with Gasteiger partial charge in [-0.05, 0) is 30.3 Å². The Morgan fingerprint density at radius 2 is 2.00 bits per heavy atom. The number of rotatable bonds is 6. The third-order valence-electron chi connectivity index (χ3n) is 3.24. The van der Waals surface area contributed by atoms with Gasteiger partial charge in [-0.15, -0.1) is 0 Å². The number of esters is 1. The Kier molecular flexibility index (Phi) is 5.16. The lowest BCUT2D eigenvalue weighted by Crippen LogP contribution is -2.27. The zero-order valence-corrected chi connectivity index (χ0v) is 13.2. The Bertz CT molecular complexity index is 904. The van der Waals surface area contributed by atoms with Gasteiger partial charge in [0.05, 0.1) is 35.7 Å². The predicted molar refractivity (Wildman–Crippen MR) is 90.1 cm³/mol. The SMILES string of the molecule is O=C(COC(=O)C=Cc1cnc2ccccc2n1)NCc1ccco1. The van der Waals surface area contributed by atoms with E-state index in [0.717, 1.165) is 11.0 Å². The number of carbonyl (C=O) groups excluding carboxylic acids is 2. The van der Waals surface area contributed by atoms with E-state index in [1.165, 1.54) is 18.4 Å². The normalized spacial score (nSPS) is 10.9. The van der Waals surface area contributed by atoms with Crippen molar-refractivity contribution in [2.75, 3.05) is 6.61 Å². The maximum Gasteiger partial charge on any atom is 0.331 e. The molecule has 0 saturated carbocycles. The third kappa shape index (κ3) is 4.74. The maximum atomic E-state index is 11.7. The molecule has 0 atom stereocenters. The standard InChI is InChI=1S/C18H15N3O4/c22-17(20-11-14-4-3-9-24-14)12-25-18(23)8-7-13-10-19-15-5-1-2-6-16(15)21-13/h1-10H,11-12H2,(H,20,22). The molecule has 2 heterocycles. The molecule has 3 aromatic rings. The molecule has 1 aromatic carbocycles. The van der Waals surface area contributed by atoms with Crippen molar-refractivity contribution in [2.45, 2.75) is 6.54 Å². The minimum atomic E-state index is -0.636. The minimum absolute atomic E-state index is 0.242. The van der Waals surface area contributed by atoms with Crippen LogP contribution >= 0.6 is 0 Å². The van der Waals surface area contributed by atoms with E-state index < -0.39 is 11.9 Å². The van der Waals surface area contributed by atoms with Crippen molar-refractivity contribution in [1.29, 1.82) is 0 Å². The molecule has 0 aliphatic heterocycles. The van der Waals surface area contributed by atoms with Crippen LogP contribution in [0.1, 0.15) is 11.5 Å². The summed E-state index contributed by atoms with van der Waals surface area (Å²) in [5.74, 6) is -0.429. The largest absolute Gasteiger partial charge is 0.467 e. The van der Waals surface area contributed by atoms with Crippen molar-refractivity contribution in [3.8, 4) is 0 Å². The Morgan fingerprint density at radius 3 is 2.80 bits per heavy atom. The lowest BCUT2D eigenvalue weighted by Gasteiger charge is -2.03. The van der Waals surface area contributed by atoms with E-state index >= 15 is 0 Å². The van der Waals surface area contributed by atoms with Crippen LogP contribution in [0.2, 0.25) is 0 Å².